The molecule has 0 aliphatic heterocycles. The first-order valence-electron chi connectivity index (χ1n) is 7.38. The van der Waals surface area contributed by atoms with Gasteiger partial charge in [-0.05, 0) is 35.6 Å². The van der Waals surface area contributed by atoms with Crippen LogP contribution >= 0.6 is 11.3 Å². The molecule has 0 saturated heterocycles. The van der Waals surface area contributed by atoms with Gasteiger partial charge in [-0.2, -0.15) is 0 Å². The third-order valence-electron chi connectivity index (χ3n) is 3.44. The first-order valence-corrected chi connectivity index (χ1v) is 8.26. The summed E-state index contributed by atoms with van der Waals surface area (Å²) in [6.07, 6.45) is 0.652. The highest BCUT2D eigenvalue weighted by molar-refractivity contribution is 7.12. The van der Waals surface area contributed by atoms with Crippen molar-refractivity contribution in [1.82, 2.24) is 10.2 Å². The van der Waals surface area contributed by atoms with E-state index in [4.69, 9.17) is 0 Å². The van der Waals surface area contributed by atoms with Crippen LogP contribution in [0.5, 0.6) is 0 Å². The summed E-state index contributed by atoms with van der Waals surface area (Å²) in [5.41, 5.74) is 0.972. The zero-order valence-corrected chi connectivity index (χ0v) is 13.7. The van der Waals surface area contributed by atoms with Gasteiger partial charge >= 0.3 is 0 Å². The van der Waals surface area contributed by atoms with Gasteiger partial charge in [-0.25, -0.2) is 4.39 Å². The van der Waals surface area contributed by atoms with Crippen LogP contribution < -0.4 is 5.32 Å². The molecule has 0 radical (unpaired) electrons. The monoisotopic (exact) mass is 334 g/mol. The number of amides is 2. The van der Waals surface area contributed by atoms with Crippen LogP contribution in [0, 0.1) is 5.82 Å². The molecular weight excluding hydrogens is 315 g/mol. The summed E-state index contributed by atoms with van der Waals surface area (Å²) < 4.78 is 12.9. The molecule has 6 heteroatoms. The van der Waals surface area contributed by atoms with Gasteiger partial charge < -0.3 is 10.2 Å². The van der Waals surface area contributed by atoms with Crippen LogP contribution in [0.25, 0.3) is 0 Å². The van der Waals surface area contributed by atoms with Crippen molar-refractivity contribution in [3.05, 3.63) is 58.0 Å². The molecule has 0 fully saturated rings. The van der Waals surface area contributed by atoms with Gasteiger partial charge in [-0.15, -0.1) is 11.3 Å². The lowest BCUT2D eigenvalue weighted by Crippen LogP contribution is -2.38. The van der Waals surface area contributed by atoms with Crippen molar-refractivity contribution >= 4 is 23.2 Å². The predicted molar refractivity (Wildman–Crippen MR) is 89.0 cm³/mol. The lowest BCUT2D eigenvalue weighted by molar-refractivity contribution is -0.128. The Labute approximate surface area is 138 Å². The Balaban J connectivity index is 1.78. The molecule has 0 unspecified atom stereocenters. The first kappa shape index (κ1) is 17.1. The maximum Gasteiger partial charge on any atom is 0.261 e. The van der Waals surface area contributed by atoms with E-state index >= 15 is 0 Å². The summed E-state index contributed by atoms with van der Waals surface area (Å²) >= 11 is 1.38. The summed E-state index contributed by atoms with van der Waals surface area (Å²) in [7, 11) is 0. The van der Waals surface area contributed by atoms with Crippen LogP contribution in [0.1, 0.15) is 22.2 Å². The molecular formula is C17H19FN2O2S. The summed E-state index contributed by atoms with van der Waals surface area (Å²) in [6.45, 7) is 2.90. The maximum atomic E-state index is 12.9. The van der Waals surface area contributed by atoms with Crippen molar-refractivity contribution in [3.8, 4) is 0 Å². The van der Waals surface area contributed by atoms with Gasteiger partial charge in [0.2, 0.25) is 5.91 Å². The van der Waals surface area contributed by atoms with E-state index in [-0.39, 0.29) is 17.6 Å². The Morgan fingerprint density at radius 1 is 1.17 bits per heavy atom. The number of nitrogens with one attached hydrogen (secondary N) is 1. The molecule has 1 heterocycles. The Bertz CT molecular complexity index is 641. The molecule has 2 amide bonds. The molecule has 0 aliphatic carbocycles. The van der Waals surface area contributed by atoms with Gasteiger partial charge in [0, 0.05) is 26.6 Å². The average molecular weight is 334 g/mol. The van der Waals surface area contributed by atoms with Crippen molar-refractivity contribution in [2.24, 2.45) is 0 Å². The van der Waals surface area contributed by atoms with Crippen molar-refractivity contribution in [3.63, 3.8) is 0 Å². The molecule has 4 nitrogen and oxygen atoms in total. The van der Waals surface area contributed by atoms with E-state index < -0.39 is 0 Å². The highest BCUT2D eigenvalue weighted by Crippen LogP contribution is 2.08. The highest BCUT2D eigenvalue weighted by Gasteiger charge is 2.10. The number of thiophene rings is 1. The lowest BCUT2D eigenvalue weighted by atomic mass is 10.1. The second-order valence-corrected chi connectivity index (χ2v) is 6.06. The smallest absolute Gasteiger partial charge is 0.261 e. The number of carbonyl (C=O) groups is 2. The van der Waals surface area contributed by atoms with Crippen molar-refractivity contribution < 1.29 is 14.0 Å². The molecule has 23 heavy (non-hydrogen) atoms. The SMILES string of the molecule is CC(=O)N(CCNC(=O)c1cccs1)CCc1ccc(F)cc1. The van der Waals surface area contributed by atoms with Crippen LogP contribution in [-0.4, -0.2) is 36.3 Å². The fraction of sp³-hybridized carbons (Fsp3) is 0.294. The molecule has 0 bridgehead atoms. The molecule has 2 rings (SSSR count). The third-order valence-corrected chi connectivity index (χ3v) is 4.31. The standard InChI is InChI=1S/C17H19FN2O2S/c1-13(21)20(10-8-14-4-6-15(18)7-5-14)11-9-19-17(22)16-3-2-12-23-16/h2-7,12H,8-11H2,1H3,(H,19,22). The summed E-state index contributed by atoms with van der Waals surface area (Å²) in [4.78, 5) is 25.8. The van der Waals surface area contributed by atoms with E-state index in [2.05, 4.69) is 5.32 Å². The second kappa shape index (κ2) is 8.43. The number of halogens is 1. The topological polar surface area (TPSA) is 49.4 Å². The molecule has 0 atom stereocenters. The fourth-order valence-electron chi connectivity index (χ4n) is 2.14. The molecule has 2 aromatic rings. The van der Waals surface area contributed by atoms with Gasteiger partial charge in [0.1, 0.15) is 5.82 Å². The normalized spacial score (nSPS) is 10.3. The molecule has 0 aliphatic rings. The van der Waals surface area contributed by atoms with Gasteiger partial charge in [0.15, 0.2) is 0 Å². The first-order chi connectivity index (χ1) is 11.1. The van der Waals surface area contributed by atoms with E-state index in [1.165, 1.54) is 30.4 Å². The Morgan fingerprint density at radius 2 is 1.91 bits per heavy atom. The zero-order chi connectivity index (χ0) is 16.7. The van der Waals surface area contributed by atoms with E-state index in [0.717, 1.165) is 5.56 Å². The number of nitrogens with zero attached hydrogens (tertiary/aromatic N) is 1. The Kier molecular flexibility index (Phi) is 6.29. The van der Waals surface area contributed by atoms with Crippen LogP contribution in [0.4, 0.5) is 4.39 Å². The number of carbonyl (C=O) groups excluding carboxylic acids is 2. The van der Waals surface area contributed by atoms with Gasteiger partial charge in [0.05, 0.1) is 4.88 Å². The van der Waals surface area contributed by atoms with Crippen LogP contribution in [-0.2, 0) is 11.2 Å². The van der Waals surface area contributed by atoms with Gasteiger partial charge in [0.25, 0.3) is 5.91 Å². The van der Waals surface area contributed by atoms with E-state index in [0.29, 0.717) is 30.9 Å². The van der Waals surface area contributed by atoms with E-state index in [1.54, 1.807) is 23.1 Å². The minimum Gasteiger partial charge on any atom is -0.350 e. The largest absolute Gasteiger partial charge is 0.350 e. The lowest BCUT2D eigenvalue weighted by Gasteiger charge is -2.21. The Hall–Kier alpha value is -2.21. The summed E-state index contributed by atoms with van der Waals surface area (Å²) in [5, 5.41) is 4.65. The number of rotatable bonds is 7. The second-order valence-electron chi connectivity index (χ2n) is 5.12. The van der Waals surface area contributed by atoms with Crippen molar-refractivity contribution in [2.75, 3.05) is 19.6 Å². The predicted octanol–water partition coefficient (Wildman–Crippen LogP) is 2.71. The zero-order valence-electron chi connectivity index (χ0n) is 12.9. The molecule has 1 aromatic carbocycles. The third kappa shape index (κ3) is 5.49. The summed E-state index contributed by atoms with van der Waals surface area (Å²) in [5.74, 6) is -0.437. The molecule has 122 valence electrons. The molecule has 1 N–H and O–H groups in total. The minimum atomic E-state index is -0.270. The number of hydrogen-bond donors (Lipinski definition) is 1. The highest BCUT2D eigenvalue weighted by atomic mass is 32.1. The van der Waals surface area contributed by atoms with Crippen LogP contribution in [0.3, 0.4) is 0 Å². The number of hydrogen-bond acceptors (Lipinski definition) is 3. The van der Waals surface area contributed by atoms with E-state index in [1.807, 2.05) is 11.4 Å². The van der Waals surface area contributed by atoms with Crippen LogP contribution in [0.2, 0.25) is 0 Å². The van der Waals surface area contributed by atoms with Crippen molar-refractivity contribution in [1.29, 1.82) is 0 Å². The van der Waals surface area contributed by atoms with Crippen LogP contribution in [0.15, 0.2) is 41.8 Å². The van der Waals surface area contributed by atoms with Gasteiger partial charge in [-0.1, -0.05) is 18.2 Å². The number of benzene rings is 1. The summed E-state index contributed by atoms with van der Waals surface area (Å²) in [6, 6.07) is 9.84. The van der Waals surface area contributed by atoms with E-state index in [9.17, 15) is 14.0 Å². The molecule has 0 saturated carbocycles. The average Bonchev–Trinajstić information content (AvgIpc) is 3.06. The fourth-order valence-corrected chi connectivity index (χ4v) is 2.78. The molecule has 1 aromatic heterocycles. The maximum absolute atomic E-state index is 12.9. The van der Waals surface area contributed by atoms with Crippen molar-refractivity contribution in [2.45, 2.75) is 13.3 Å². The minimum absolute atomic E-state index is 0.0440. The molecule has 0 spiro atoms. The Morgan fingerprint density at radius 3 is 2.52 bits per heavy atom. The quantitative estimate of drug-likeness (QED) is 0.846. The van der Waals surface area contributed by atoms with Gasteiger partial charge in [-0.3, -0.25) is 9.59 Å².